The van der Waals surface area contributed by atoms with Crippen LogP contribution in [0, 0.1) is 17.5 Å². The topological polar surface area (TPSA) is 45.8 Å². The van der Waals surface area contributed by atoms with Gasteiger partial charge >= 0.3 is 0 Å². The van der Waals surface area contributed by atoms with E-state index in [1.807, 2.05) is 0 Å². The summed E-state index contributed by atoms with van der Waals surface area (Å²) in [4.78, 5) is 17.4. The molecule has 0 spiro atoms. The maximum absolute atomic E-state index is 13.3. The van der Waals surface area contributed by atoms with Gasteiger partial charge in [0.05, 0.1) is 5.39 Å². The van der Waals surface area contributed by atoms with Gasteiger partial charge in [0.1, 0.15) is 5.52 Å². The fourth-order valence-corrected chi connectivity index (χ4v) is 1.64. The summed E-state index contributed by atoms with van der Waals surface area (Å²) >= 11 is 1.07. The van der Waals surface area contributed by atoms with Crippen LogP contribution >= 0.6 is 11.8 Å². The number of nitrogens with one attached hydrogen (secondary N) is 1. The highest BCUT2D eigenvalue weighted by atomic mass is 32.2. The van der Waals surface area contributed by atoms with Crippen molar-refractivity contribution in [3.8, 4) is 0 Å². The van der Waals surface area contributed by atoms with Crippen LogP contribution in [-0.4, -0.2) is 16.2 Å². The Morgan fingerprint density at radius 1 is 1.31 bits per heavy atom. The Bertz CT molecular complexity index is 626. The maximum atomic E-state index is 13.3. The van der Waals surface area contributed by atoms with Gasteiger partial charge in [-0.25, -0.2) is 18.2 Å². The van der Waals surface area contributed by atoms with E-state index in [9.17, 15) is 18.0 Å². The number of thioether (sulfide) groups is 1. The largest absolute Gasteiger partial charge is 0.301 e. The van der Waals surface area contributed by atoms with Crippen molar-refractivity contribution in [1.82, 2.24) is 9.97 Å². The number of aromatic amines is 1. The lowest BCUT2D eigenvalue weighted by Crippen LogP contribution is -2.11. The summed E-state index contributed by atoms with van der Waals surface area (Å²) in [6, 6.07) is 0.629. The van der Waals surface area contributed by atoms with Crippen LogP contribution in [0.25, 0.3) is 10.9 Å². The van der Waals surface area contributed by atoms with Crippen LogP contribution < -0.4 is 5.56 Å². The summed E-state index contributed by atoms with van der Waals surface area (Å²) in [6.45, 7) is 0. The van der Waals surface area contributed by atoms with Crippen LogP contribution in [0.3, 0.4) is 0 Å². The first kappa shape index (κ1) is 11.0. The summed E-state index contributed by atoms with van der Waals surface area (Å²) in [7, 11) is 0. The number of benzene rings is 1. The predicted octanol–water partition coefficient (Wildman–Crippen LogP) is 2.06. The van der Waals surface area contributed by atoms with Crippen molar-refractivity contribution < 1.29 is 13.2 Å². The molecule has 0 radical (unpaired) electrons. The van der Waals surface area contributed by atoms with Crippen LogP contribution in [-0.2, 0) is 0 Å². The Kier molecular flexibility index (Phi) is 2.63. The van der Waals surface area contributed by atoms with E-state index in [2.05, 4.69) is 9.97 Å². The Morgan fingerprint density at radius 2 is 2.00 bits per heavy atom. The molecule has 0 bridgehead atoms. The van der Waals surface area contributed by atoms with Crippen LogP contribution in [0.1, 0.15) is 0 Å². The number of hydrogen-bond donors (Lipinski definition) is 1. The SMILES string of the molecule is CSc1nc2c(F)c(F)c(F)cc2c(=O)[nH]1. The highest BCUT2D eigenvalue weighted by Crippen LogP contribution is 2.20. The molecule has 1 aromatic heterocycles. The quantitative estimate of drug-likeness (QED) is 0.476. The maximum Gasteiger partial charge on any atom is 0.259 e. The average molecular weight is 246 g/mol. The third-order valence-corrected chi connectivity index (χ3v) is 2.59. The van der Waals surface area contributed by atoms with E-state index in [-0.39, 0.29) is 10.5 Å². The molecule has 0 aliphatic rings. The average Bonchev–Trinajstić information content (AvgIpc) is 2.27. The smallest absolute Gasteiger partial charge is 0.259 e. The fourth-order valence-electron chi connectivity index (χ4n) is 1.26. The Hall–Kier alpha value is -1.50. The molecule has 7 heteroatoms. The molecular weight excluding hydrogens is 241 g/mol. The molecule has 0 fully saturated rings. The lowest BCUT2D eigenvalue weighted by atomic mass is 10.2. The molecule has 2 aromatic rings. The van der Waals surface area contributed by atoms with Crippen molar-refractivity contribution in [2.45, 2.75) is 5.16 Å². The molecule has 1 heterocycles. The standard InChI is InChI=1S/C9H5F3N2OS/c1-16-9-13-7-3(8(15)14-9)2-4(10)5(11)6(7)12/h2H,1H3,(H,13,14,15). The number of H-pyrrole nitrogens is 1. The highest BCUT2D eigenvalue weighted by molar-refractivity contribution is 7.98. The van der Waals surface area contributed by atoms with Crippen molar-refractivity contribution in [1.29, 1.82) is 0 Å². The predicted molar refractivity (Wildman–Crippen MR) is 54.0 cm³/mol. The molecule has 0 saturated heterocycles. The third-order valence-electron chi connectivity index (χ3n) is 2.01. The first-order valence-corrected chi connectivity index (χ1v) is 5.38. The Balaban J connectivity index is 2.96. The van der Waals surface area contributed by atoms with Crippen molar-refractivity contribution >= 4 is 22.7 Å². The highest BCUT2D eigenvalue weighted by Gasteiger charge is 2.17. The lowest BCUT2D eigenvalue weighted by molar-refractivity contribution is 0.452. The van der Waals surface area contributed by atoms with Crippen LogP contribution in [0.5, 0.6) is 0 Å². The van der Waals surface area contributed by atoms with Crippen LogP contribution in [0.4, 0.5) is 13.2 Å². The summed E-state index contributed by atoms with van der Waals surface area (Å²) in [5, 5.41) is -0.170. The van der Waals surface area contributed by atoms with Gasteiger partial charge in [-0.05, 0) is 12.3 Å². The number of fused-ring (bicyclic) bond motifs is 1. The Morgan fingerprint density at radius 3 is 2.62 bits per heavy atom. The monoisotopic (exact) mass is 246 g/mol. The minimum atomic E-state index is -1.63. The minimum absolute atomic E-state index is 0.141. The molecule has 0 unspecified atom stereocenters. The fraction of sp³-hybridized carbons (Fsp3) is 0.111. The molecule has 2 rings (SSSR count). The van der Waals surface area contributed by atoms with E-state index in [1.54, 1.807) is 6.26 Å². The minimum Gasteiger partial charge on any atom is -0.301 e. The molecule has 0 atom stereocenters. The summed E-state index contributed by atoms with van der Waals surface area (Å²) < 4.78 is 39.1. The molecule has 3 nitrogen and oxygen atoms in total. The van der Waals surface area contributed by atoms with Gasteiger partial charge < -0.3 is 4.98 Å². The molecule has 0 amide bonds. The van der Waals surface area contributed by atoms with E-state index >= 15 is 0 Å². The Labute approximate surface area is 91.7 Å². The molecule has 0 saturated carbocycles. The first-order chi connectivity index (χ1) is 7.54. The van der Waals surface area contributed by atoms with E-state index in [0.29, 0.717) is 6.07 Å². The molecular formula is C9H5F3N2OS. The third kappa shape index (κ3) is 1.57. The second-order valence-corrected chi connectivity index (χ2v) is 3.75. The van der Waals surface area contributed by atoms with Crippen LogP contribution in [0.15, 0.2) is 16.0 Å². The van der Waals surface area contributed by atoms with Crippen LogP contribution in [0.2, 0.25) is 0 Å². The summed E-state index contributed by atoms with van der Waals surface area (Å²) in [5.74, 6) is -4.48. The summed E-state index contributed by atoms with van der Waals surface area (Å²) in [5.41, 5.74) is -1.17. The van der Waals surface area contributed by atoms with Crippen molar-refractivity contribution in [3.05, 3.63) is 33.9 Å². The molecule has 84 valence electrons. The van der Waals surface area contributed by atoms with E-state index in [0.717, 1.165) is 11.8 Å². The molecule has 1 N–H and O–H groups in total. The number of halogens is 3. The second-order valence-electron chi connectivity index (χ2n) is 2.96. The van der Waals surface area contributed by atoms with E-state index in [4.69, 9.17) is 0 Å². The van der Waals surface area contributed by atoms with Crippen molar-refractivity contribution in [2.24, 2.45) is 0 Å². The summed E-state index contributed by atoms with van der Waals surface area (Å²) in [6.07, 6.45) is 1.61. The number of nitrogens with zero attached hydrogens (tertiary/aromatic N) is 1. The van der Waals surface area contributed by atoms with Gasteiger partial charge in [-0.1, -0.05) is 11.8 Å². The molecule has 0 aliphatic heterocycles. The van der Waals surface area contributed by atoms with Gasteiger partial charge in [0.2, 0.25) is 0 Å². The van der Waals surface area contributed by atoms with E-state index in [1.165, 1.54) is 0 Å². The normalized spacial score (nSPS) is 11.0. The molecule has 0 aliphatic carbocycles. The van der Waals surface area contributed by atoms with Gasteiger partial charge in [-0.2, -0.15) is 0 Å². The number of aromatic nitrogens is 2. The van der Waals surface area contributed by atoms with Gasteiger partial charge in [-0.3, -0.25) is 4.79 Å². The number of hydrogen-bond acceptors (Lipinski definition) is 3. The molecule has 16 heavy (non-hydrogen) atoms. The number of rotatable bonds is 1. The van der Waals surface area contributed by atoms with Gasteiger partial charge in [0.25, 0.3) is 5.56 Å². The zero-order valence-electron chi connectivity index (χ0n) is 7.97. The zero-order chi connectivity index (χ0) is 11.9. The zero-order valence-corrected chi connectivity index (χ0v) is 8.79. The lowest BCUT2D eigenvalue weighted by Gasteiger charge is -2.02. The van der Waals surface area contributed by atoms with Crippen molar-refractivity contribution in [3.63, 3.8) is 0 Å². The van der Waals surface area contributed by atoms with Gasteiger partial charge in [0, 0.05) is 0 Å². The second kappa shape index (κ2) is 3.82. The first-order valence-electron chi connectivity index (χ1n) is 4.16. The van der Waals surface area contributed by atoms with Crippen molar-refractivity contribution in [2.75, 3.05) is 6.26 Å². The van der Waals surface area contributed by atoms with Gasteiger partial charge in [0.15, 0.2) is 22.6 Å². The van der Waals surface area contributed by atoms with E-state index < -0.39 is 28.5 Å². The molecule has 1 aromatic carbocycles. The van der Waals surface area contributed by atoms with Gasteiger partial charge in [-0.15, -0.1) is 0 Å².